The van der Waals surface area contributed by atoms with Gasteiger partial charge >= 0.3 is 5.97 Å². The molecule has 128 valence electrons. The summed E-state index contributed by atoms with van der Waals surface area (Å²) < 4.78 is 32.0. The zero-order valence-corrected chi connectivity index (χ0v) is 15.7. The zero-order chi connectivity index (χ0) is 18.1. The SMILES string of the molecule is COc1cc(N(C)S(=O)(=O)c2ccc(C)cc2)c(Br)cc1C(=O)O. The van der Waals surface area contributed by atoms with Crippen LogP contribution in [0.15, 0.2) is 45.8 Å². The Balaban J connectivity index is 2.54. The summed E-state index contributed by atoms with van der Waals surface area (Å²) in [5.41, 5.74) is 1.16. The summed E-state index contributed by atoms with van der Waals surface area (Å²) >= 11 is 3.23. The van der Waals surface area contributed by atoms with Gasteiger partial charge in [0.15, 0.2) is 0 Å². The molecule has 0 fully saturated rings. The summed E-state index contributed by atoms with van der Waals surface area (Å²) in [7, 11) is -1.06. The molecule has 1 N–H and O–H groups in total. The molecular formula is C16H16BrNO5S. The lowest BCUT2D eigenvalue weighted by Gasteiger charge is -2.22. The van der Waals surface area contributed by atoms with Crippen LogP contribution >= 0.6 is 15.9 Å². The molecule has 0 unspecified atom stereocenters. The minimum absolute atomic E-state index is 0.0609. The van der Waals surface area contributed by atoms with E-state index in [9.17, 15) is 18.3 Å². The van der Waals surface area contributed by atoms with Crippen LogP contribution in [0.1, 0.15) is 15.9 Å². The third-order valence-corrected chi connectivity index (χ3v) is 5.94. The second-order valence-electron chi connectivity index (χ2n) is 5.09. The maximum Gasteiger partial charge on any atom is 0.339 e. The maximum atomic E-state index is 12.8. The number of hydrogen-bond donors (Lipinski definition) is 1. The van der Waals surface area contributed by atoms with Crippen molar-refractivity contribution in [3.05, 3.63) is 52.0 Å². The molecule has 0 amide bonds. The zero-order valence-electron chi connectivity index (χ0n) is 13.3. The van der Waals surface area contributed by atoms with Crippen LogP contribution < -0.4 is 9.04 Å². The van der Waals surface area contributed by atoms with Crippen molar-refractivity contribution in [2.45, 2.75) is 11.8 Å². The van der Waals surface area contributed by atoms with Crippen molar-refractivity contribution in [3.63, 3.8) is 0 Å². The molecular weight excluding hydrogens is 398 g/mol. The molecule has 0 aliphatic rings. The van der Waals surface area contributed by atoms with Crippen molar-refractivity contribution >= 4 is 37.6 Å². The highest BCUT2D eigenvalue weighted by atomic mass is 79.9. The van der Waals surface area contributed by atoms with Gasteiger partial charge < -0.3 is 9.84 Å². The van der Waals surface area contributed by atoms with E-state index in [2.05, 4.69) is 15.9 Å². The number of ether oxygens (including phenoxy) is 1. The summed E-state index contributed by atoms with van der Waals surface area (Å²) in [6.07, 6.45) is 0. The largest absolute Gasteiger partial charge is 0.496 e. The molecule has 0 saturated carbocycles. The van der Waals surface area contributed by atoms with Crippen LogP contribution in [0.5, 0.6) is 5.75 Å². The first kappa shape index (κ1) is 18.3. The van der Waals surface area contributed by atoms with Gasteiger partial charge in [0.25, 0.3) is 10.0 Å². The van der Waals surface area contributed by atoms with E-state index < -0.39 is 16.0 Å². The van der Waals surface area contributed by atoms with Crippen LogP contribution in [0, 0.1) is 6.92 Å². The van der Waals surface area contributed by atoms with Gasteiger partial charge in [0.05, 0.1) is 17.7 Å². The Morgan fingerprint density at radius 2 is 1.79 bits per heavy atom. The van der Waals surface area contributed by atoms with E-state index in [0.29, 0.717) is 4.47 Å². The summed E-state index contributed by atoms with van der Waals surface area (Å²) in [5, 5.41) is 9.18. The highest BCUT2D eigenvalue weighted by Gasteiger charge is 2.25. The van der Waals surface area contributed by atoms with Gasteiger partial charge in [0.1, 0.15) is 11.3 Å². The Labute approximate surface area is 148 Å². The van der Waals surface area contributed by atoms with Crippen LogP contribution in [0.3, 0.4) is 0 Å². The first-order valence-electron chi connectivity index (χ1n) is 6.85. The Morgan fingerprint density at radius 1 is 1.21 bits per heavy atom. The Hall–Kier alpha value is -2.06. The standard InChI is InChI=1S/C16H16BrNO5S/c1-10-4-6-11(7-5-10)24(21,22)18(2)14-9-15(23-3)12(16(19)20)8-13(14)17/h4-9H,1-3H3,(H,19,20). The number of anilines is 1. The number of carboxylic acid groups (broad SMARTS) is 1. The van der Waals surface area contributed by atoms with Gasteiger partial charge in [-0.05, 0) is 41.1 Å². The molecule has 0 spiro atoms. The van der Waals surface area contributed by atoms with Crippen molar-refractivity contribution in [2.24, 2.45) is 0 Å². The van der Waals surface area contributed by atoms with Crippen LogP contribution in [-0.2, 0) is 10.0 Å². The van der Waals surface area contributed by atoms with E-state index in [1.165, 1.54) is 38.4 Å². The Bertz CT molecular complexity index is 878. The molecule has 0 aliphatic heterocycles. The van der Waals surface area contributed by atoms with E-state index >= 15 is 0 Å². The first-order chi connectivity index (χ1) is 11.2. The van der Waals surface area contributed by atoms with E-state index in [4.69, 9.17) is 4.74 Å². The van der Waals surface area contributed by atoms with Crippen molar-refractivity contribution in [2.75, 3.05) is 18.5 Å². The molecule has 0 aromatic heterocycles. The number of nitrogens with zero attached hydrogens (tertiary/aromatic N) is 1. The number of aromatic carboxylic acids is 1. The summed E-state index contributed by atoms with van der Waals surface area (Å²) in [6, 6.07) is 9.17. The fourth-order valence-electron chi connectivity index (χ4n) is 2.12. The number of benzene rings is 2. The lowest BCUT2D eigenvalue weighted by molar-refractivity contribution is 0.0693. The predicted octanol–water partition coefficient (Wildman–Crippen LogP) is 3.29. The van der Waals surface area contributed by atoms with Gasteiger partial charge in [-0.15, -0.1) is 0 Å². The molecule has 0 radical (unpaired) electrons. The fraction of sp³-hybridized carbons (Fsp3) is 0.188. The number of carboxylic acids is 1. The summed E-state index contributed by atoms with van der Waals surface area (Å²) in [5.74, 6) is -1.09. The van der Waals surface area contributed by atoms with Crippen molar-refractivity contribution in [3.8, 4) is 5.75 Å². The van der Waals surface area contributed by atoms with Gasteiger partial charge in [0.2, 0.25) is 0 Å². The Kier molecular flexibility index (Phi) is 5.19. The lowest BCUT2D eigenvalue weighted by atomic mass is 10.2. The number of aryl methyl sites for hydroxylation is 1. The molecule has 0 atom stereocenters. The average molecular weight is 414 g/mol. The molecule has 2 aromatic rings. The van der Waals surface area contributed by atoms with Gasteiger partial charge in [-0.25, -0.2) is 13.2 Å². The number of halogens is 1. The number of sulfonamides is 1. The van der Waals surface area contributed by atoms with E-state index in [-0.39, 0.29) is 21.9 Å². The predicted molar refractivity (Wildman–Crippen MR) is 94.4 cm³/mol. The number of carbonyl (C=O) groups is 1. The van der Waals surface area contributed by atoms with Crippen LogP contribution in [0.4, 0.5) is 5.69 Å². The monoisotopic (exact) mass is 413 g/mol. The topological polar surface area (TPSA) is 83.9 Å². The Morgan fingerprint density at radius 3 is 2.29 bits per heavy atom. The van der Waals surface area contributed by atoms with Crippen molar-refractivity contribution in [1.29, 1.82) is 0 Å². The molecule has 8 heteroatoms. The normalized spacial score (nSPS) is 11.2. The van der Waals surface area contributed by atoms with E-state index in [1.54, 1.807) is 12.1 Å². The highest BCUT2D eigenvalue weighted by molar-refractivity contribution is 9.10. The third-order valence-electron chi connectivity index (χ3n) is 3.52. The lowest BCUT2D eigenvalue weighted by Crippen LogP contribution is -2.27. The summed E-state index contributed by atoms with van der Waals surface area (Å²) in [6.45, 7) is 1.87. The molecule has 0 aliphatic carbocycles. The van der Waals surface area contributed by atoms with Crippen LogP contribution in [0.25, 0.3) is 0 Å². The smallest absolute Gasteiger partial charge is 0.339 e. The van der Waals surface area contributed by atoms with E-state index in [1.807, 2.05) is 6.92 Å². The van der Waals surface area contributed by atoms with Gasteiger partial charge in [0, 0.05) is 17.6 Å². The molecule has 2 aromatic carbocycles. The van der Waals surface area contributed by atoms with Crippen molar-refractivity contribution < 1.29 is 23.1 Å². The number of methoxy groups -OCH3 is 1. The van der Waals surface area contributed by atoms with Crippen molar-refractivity contribution in [1.82, 2.24) is 0 Å². The van der Waals surface area contributed by atoms with Gasteiger partial charge in [-0.1, -0.05) is 17.7 Å². The quantitative estimate of drug-likeness (QED) is 0.812. The molecule has 0 heterocycles. The molecule has 2 rings (SSSR count). The average Bonchev–Trinajstić information content (AvgIpc) is 2.54. The second kappa shape index (κ2) is 6.82. The first-order valence-corrected chi connectivity index (χ1v) is 9.08. The van der Waals surface area contributed by atoms with Crippen LogP contribution in [0.2, 0.25) is 0 Å². The third kappa shape index (κ3) is 3.39. The molecule has 0 saturated heterocycles. The maximum absolute atomic E-state index is 12.8. The second-order valence-corrected chi connectivity index (χ2v) is 7.92. The number of rotatable bonds is 5. The van der Waals surface area contributed by atoms with Gasteiger partial charge in [-0.2, -0.15) is 0 Å². The summed E-state index contributed by atoms with van der Waals surface area (Å²) in [4.78, 5) is 11.4. The number of hydrogen-bond acceptors (Lipinski definition) is 4. The minimum Gasteiger partial charge on any atom is -0.496 e. The molecule has 0 bridgehead atoms. The fourth-order valence-corrected chi connectivity index (χ4v) is 4.05. The molecule has 6 nitrogen and oxygen atoms in total. The van der Waals surface area contributed by atoms with E-state index in [0.717, 1.165) is 9.87 Å². The van der Waals surface area contributed by atoms with Gasteiger partial charge in [-0.3, -0.25) is 4.31 Å². The molecule has 24 heavy (non-hydrogen) atoms. The van der Waals surface area contributed by atoms with Crippen LogP contribution in [-0.4, -0.2) is 33.7 Å². The highest BCUT2D eigenvalue weighted by Crippen LogP contribution is 2.35. The minimum atomic E-state index is -3.79.